The van der Waals surface area contributed by atoms with Crippen molar-refractivity contribution in [1.29, 1.82) is 0 Å². The summed E-state index contributed by atoms with van der Waals surface area (Å²) in [6.07, 6.45) is 0.771. The lowest BCUT2D eigenvalue weighted by Gasteiger charge is -2.08. The van der Waals surface area contributed by atoms with Crippen molar-refractivity contribution in [3.63, 3.8) is 0 Å². The first-order valence-electron chi connectivity index (χ1n) is 8.54. The molecule has 0 fully saturated rings. The van der Waals surface area contributed by atoms with Crippen molar-refractivity contribution in [2.45, 2.75) is 11.6 Å². The van der Waals surface area contributed by atoms with E-state index in [4.69, 9.17) is 4.74 Å². The van der Waals surface area contributed by atoms with Gasteiger partial charge in [0.15, 0.2) is 5.16 Å². The molecule has 0 aliphatic carbocycles. The van der Waals surface area contributed by atoms with Crippen LogP contribution in [0.2, 0.25) is 0 Å². The molecule has 0 saturated carbocycles. The Labute approximate surface area is 165 Å². The lowest BCUT2D eigenvalue weighted by molar-refractivity contribution is -0.118. The molecule has 8 heteroatoms. The van der Waals surface area contributed by atoms with E-state index in [-0.39, 0.29) is 17.2 Å². The van der Waals surface area contributed by atoms with E-state index < -0.39 is 0 Å². The molecule has 0 aliphatic heterocycles. The maximum Gasteiger partial charge on any atom is 0.263 e. The average Bonchev–Trinajstić information content (AvgIpc) is 3.11. The SMILES string of the molecule is COCCCNC(=O)CSc1nc2scc(-c3ccccc3)c2c(=O)n1C. The summed E-state index contributed by atoms with van der Waals surface area (Å²) in [5.41, 5.74) is 1.80. The van der Waals surface area contributed by atoms with Crippen LogP contribution >= 0.6 is 23.1 Å². The van der Waals surface area contributed by atoms with Crippen molar-refractivity contribution in [3.8, 4) is 11.1 Å². The molecule has 6 nitrogen and oxygen atoms in total. The van der Waals surface area contributed by atoms with Gasteiger partial charge in [-0.1, -0.05) is 42.1 Å². The van der Waals surface area contributed by atoms with Gasteiger partial charge in [0.05, 0.1) is 11.1 Å². The molecule has 142 valence electrons. The van der Waals surface area contributed by atoms with E-state index in [1.807, 2.05) is 35.7 Å². The number of thioether (sulfide) groups is 1. The van der Waals surface area contributed by atoms with Crippen molar-refractivity contribution in [3.05, 3.63) is 46.1 Å². The molecule has 0 bridgehead atoms. The molecule has 0 radical (unpaired) electrons. The molecule has 1 amide bonds. The van der Waals surface area contributed by atoms with Gasteiger partial charge in [0.25, 0.3) is 5.56 Å². The van der Waals surface area contributed by atoms with E-state index in [2.05, 4.69) is 10.3 Å². The summed E-state index contributed by atoms with van der Waals surface area (Å²) < 4.78 is 6.47. The monoisotopic (exact) mass is 403 g/mol. The fourth-order valence-electron chi connectivity index (χ4n) is 2.64. The van der Waals surface area contributed by atoms with Gasteiger partial charge in [0.2, 0.25) is 5.91 Å². The Balaban J connectivity index is 1.78. The molecule has 1 N–H and O–H groups in total. The number of fused-ring (bicyclic) bond motifs is 1. The Hall–Kier alpha value is -2.16. The number of aromatic nitrogens is 2. The second-order valence-corrected chi connectivity index (χ2v) is 7.74. The zero-order valence-corrected chi connectivity index (χ0v) is 16.9. The van der Waals surface area contributed by atoms with E-state index in [0.29, 0.717) is 28.5 Å². The summed E-state index contributed by atoms with van der Waals surface area (Å²) in [4.78, 5) is 30.1. The van der Waals surface area contributed by atoms with Gasteiger partial charge in [0, 0.05) is 38.3 Å². The molecule has 3 aromatic rings. The van der Waals surface area contributed by atoms with Crippen LogP contribution < -0.4 is 10.9 Å². The smallest absolute Gasteiger partial charge is 0.263 e. The standard InChI is InChI=1S/C19H21N3O3S2/c1-22-18(24)16-14(13-7-4-3-5-8-13)11-26-17(16)21-19(22)27-12-15(23)20-9-6-10-25-2/h3-5,7-8,11H,6,9-10,12H2,1-2H3,(H,20,23). The van der Waals surface area contributed by atoms with E-state index in [0.717, 1.165) is 17.5 Å². The molecule has 0 saturated heterocycles. The number of benzene rings is 1. The van der Waals surface area contributed by atoms with Gasteiger partial charge in [-0.2, -0.15) is 0 Å². The normalized spacial score (nSPS) is 11.0. The van der Waals surface area contributed by atoms with Crippen molar-refractivity contribution >= 4 is 39.2 Å². The molecular weight excluding hydrogens is 382 g/mol. The third-order valence-electron chi connectivity index (χ3n) is 4.04. The van der Waals surface area contributed by atoms with Crippen LogP contribution in [-0.4, -0.2) is 41.5 Å². The number of nitrogens with zero attached hydrogens (tertiary/aromatic N) is 2. The lowest BCUT2D eigenvalue weighted by atomic mass is 10.1. The Kier molecular flexibility index (Phi) is 6.65. The number of nitrogens with one attached hydrogen (secondary N) is 1. The Morgan fingerprint density at radius 2 is 2.11 bits per heavy atom. The number of amides is 1. The third-order valence-corrected chi connectivity index (χ3v) is 5.94. The van der Waals surface area contributed by atoms with E-state index in [1.165, 1.54) is 27.7 Å². The van der Waals surface area contributed by atoms with Crippen molar-refractivity contribution < 1.29 is 9.53 Å². The maximum atomic E-state index is 12.9. The van der Waals surface area contributed by atoms with E-state index in [9.17, 15) is 9.59 Å². The highest BCUT2D eigenvalue weighted by Crippen LogP contribution is 2.31. The highest BCUT2D eigenvalue weighted by molar-refractivity contribution is 7.99. The molecule has 27 heavy (non-hydrogen) atoms. The number of carbonyl (C=O) groups excluding carboxylic acids is 1. The lowest BCUT2D eigenvalue weighted by Crippen LogP contribution is -2.27. The molecular formula is C19H21N3O3S2. The summed E-state index contributed by atoms with van der Waals surface area (Å²) in [7, 11) is 3.33. The van der Waals surface area contributed by atoms with E-state index >= 15 is 0 Å². The number of carbonyl (C=O) groups is 1. The quantitative estimate of drug-likeness (QED) is 0.356. The Morgan fingerprint density at radius 1 is 1.33 bits per heavy atom. The zero-order chi connectivity index (χ0) is 19.2. The van der Waals surface area contributed by atoms with Crippen LogP contribution in [0.15, 0.2) is 45.7 Å². The van der Waals surface area contributed by atoms with Gasteiger partial charge < -0.3 is 10.1 Å². The van der Waals surface area contributed by atoms with Crippen LogP contribution in [0.3, 0.4) is 0 Å². The highest BCUT2D eigenvalue weighted by Gasteiger charge is 2.16. The fourth-order valence-corrected chi connectivity index (χ4v) is 4.43. The summed E-state index contributed by atoms with van der Waals surface area (Å²) in [6.45, 7) is 1.19. The van der Waals surface area contributed by atoms with Crippen LogP contribution in [0.5, 0.6) is 0 Å². The topological polar surface area (TPSA) is 73.2 Å². The predicted octanol–water partition coefficient (Wildman–Crippen LogP) is 2.91. The molecule has 0 spiro atoms. The number of hydrogen-bond donors (Lipinski definition) is 1. The predicted molar refractivity (Wildman–Crippen MR) is 111 cm³/mol. The van der Waals surface area contributed by atoms with Gasteiger partial charge in [-0.25, -0.2) is 4.98 Å². The number of ether oxygens (including phenoxy) is 1. The Morgan fingerprint density at radius 3 is 2.85 bits per heavy atom. The summed E-state index contributed by atoms with van der Waals surface area (Å²) >= 11 is 2.72. The zero-order valence-electron chi connectivity index (χ0n) is 15.2. The summed E-state index contributed by atoms with van der Waals surface area (Å²) in [5.74, 6) is 0.136. The number of methoxy groups -OCH3 is 1. The van der Waals surface area contributed by atoms with Crippen LogP contribution in [0, 0.1) is 0 Å². The number of hydrogen-bond acceptors (Lipinski definition) is 6. The first-order chi connectivity index (χ1) is 13.1. The van der Waals surface area contributed by atoms with Crippen molar-refractivity contribution in [2.24, 2.45) is 7.05 Å². The van der Waals surface area contributed by atoms with Gasteiger partial charge in [-0.05, 0) is 12.0 Å². The highest BCUT2D eigenvalue weighted by atomic mass is 32.2. The largest absolute Gasteiger partial charge is 0.385 e. The first-order valence-corrected chi connectivity index (χ1v) is 10.4. The minimum atomic E-state index is -0.0943. The molecule has 1 aromatic carbocycles. The van der Waals surface area contributed by atoms with Gasteiger partial charge in [-0.3, -0.25) is 14.2 Å². The Bertz CT molecular complexity index is 983. The molecule has 3 rings (SSSR count). The van der Waals surface area contributed by atoms with E-state index in [1.54, 1.807) is 14.2 Å². The van der Waals surface area contributed by atoms with Gasteiger partial charge in [-0.15, -0.1) is 11.3 Å². The van der Waals surface area contributed by atoms with Gasteiger partial charge >= 0.3 is 0 Å². The second-order valence-electron chi connectivity index (χ2n) is 5.94. The van der Waals surface area contributed by atoms with Crippen molar-refractivity contribution in [1.82, 2.24) is 14.9 Å². The molecule has 0 aliphatic rings. The van der Waals surface area contributed by atoms with Crippen LogP contribution in [0.4, 0.5) is 0 Å². The van der Waals surface area contributed by atoms with Crippen LogP contribution in [0.25, 0.3) is 21.3 Å². The average molecular weight is 404 g/mol. The van der Waals surface area contributed by atoms with Crippen LogP contribution in [-0.2, 0) is 16.6 Å². The molecule has 2 heterocycles. The van der Waals surface area contributed by atoms with Crippen LogP contribution in [0.1, 0.15) is 6.42 Å². The minimum absolute atomic E-state index is 0.0818. The number of rotatable bonds is 8. The fraction of sp³-hybridized carbons (Fsp3) is 0.316. The van der Waals surface area contributed by atoms with Crippen molar-refractivity contribution in [2.75, 3.05) is 26.0 Å². The number of thiophene rings is 1. The molecule has 2 aromatic heterocycles. The summed E-state index contributed by atoms with van der Waals surface area (Å²) in [6, 6.07) is 9.82. The molecule has 0 unspecified atom stereocenters. The summed E-state index contributed by atoms with van der Waals surface area (Å²) in [5, 5.41) is 5.97. The maximum absolute atomic E-state index is 12.9. The first kappa shape index (κ1) is 19.6. The van der Waals surface area contributed by atoms with Gasteiger partial charge in [0.1, 0.15) is 4.83 Å². The third kappa shape index (κ3) is 4.58. The minimum Gasteiger partial charge on any atom is -0.385 e. The second kappa shape index (κ2) is 9.16. The molecule has 0 atom stereocenters.